The van der Waals surface area contributed by atoms with Crippen molar-refractivity contribution in [2.24, 2.45) is 5.41 Å². The molecule has 2 aliphatic heterocycles. The summed E-state index contributed by atoms with van der Waals surface area (Å²) in [6.45, 7) is 6.77. The van der Waals surface area contributed by atoms with E-state index in [1.165, 1.54) is 12.8 Å². The maximum absolute atomic E-state index is 12.8. The lowest BCUT2D eigenvalue weighted by molar-refractivity contribution is -0.121. The summed E-state index contributed by atoms with van der Waals surface area (Å²) in [5, 5.41) is 3.23. The number of rotatable bonds is 4. The second-order valence-electron chi connectivity index (χ2n) is 9.30. The minimum atomic E-state index is -0.0714. The van der Waals surface area contributed by atoms with Gasteiger partial charge in [0.15, 0.2) is 11.5 Å². The van der Waals surface area contributed by atoms with E-state index < -0.39 is 0 Å². The van der Waals surface area contributed by atoms with Crippen LogP contribution in [0.5, 0.6) is 11.5 Å². The van der Waals surface area contributed by atoms with Gasteiger partial charge in [0.25, 0.3) is 0 Å². The Bertz CT molecular complexity index is 969. The van der Waals surface area contributed by atoms with Gasteiger partial charge in [-0.2, -0.15) is 0 Å². The van der Waals surface area contributed by atoms with Gasteiger partial charge in [0.05, 0.1) is 18.2 Å². The minimum absolute atomic E-state index is 0.00821. The summed E-state index contributed by atoms with van der Waals surface area (Å²) in [5.74, 6) is 2.25. The predicted molar refractivity (Wildman–Crippen MR) is 113 cm³/mol. The lowest BCUT2D eigenvalue weighted by Gasteiger charge is -2.36. The average Bonchev–Trinajstić information content (AvgIpc) is 3.38. The standard InChI is InChI=1S/C23H28N4O3/c1-23(2)11-17(16-13-24-22(26-18(16)12-23)27-7-3-4-8-27)25-21(28)10-15-5-6-19-20(9-15)30-14-29-19/h5-6,9,13,17H,3-4,7-8,10-12,14H2,1-2H3,(H,25,28). The van der Waals surface area contributed by atoms with Crippen molar-refractivity contribution in [3.8, 4) is 11.5 Å². The molecule has 0 saturated carbocycles. The highest BCUT2D eigenvalue weighted by Gasteiger charge is 2.35. The number of hydrogen-bond donors (Lipinski definition) is 1. The summed E-state index contributed by atoms with van der Waals surface area (Å²) >= 11 is 0. The molecular formula is C23H28N4O3. The summed E-state index contributed by atoms with van der Waals surface area (Å²) < 4.78 is 10.8. The van der Waals surface area contributed by atoms with Crippen LogP contribution >= 0.6 is 0 Å². The quantitative estimate of drug-likeness (QED) is 0.837. The summed E-state index contributed by atoms with van der Waals surface area (Å²) in [6, 6.07) is 5.58. The smallest absolute Gasteiger partial charge is 0.231 e. The molecule has 2 aromatic rings. The van der Waals surface area contributed by atoms with Crippen LogP contribution in [0.3, 0.4) is 0 Å². The first kappa shape index (κ1) is 19.2. The number of carbonyl (C=O) groups is 1. The molecule has 1 saturated heterocycles. The van der Waals surface area contributed by atoms with Gasteiger partial charge in [-0.05, 0) is 48.8 Å². The Morgan fingerprint density at radius 2 is 2.03 bits per heavy atom. The van der Waals surface area contributed by atoms with Crippen LogP contribution in [0.2, 0.25) is 0 Å². The molecule has 1 N–H and O–H groups in total. The van der Waals surface area contributed by atoms with E-state index in [1.807, 2.05) is 24.4 Å². The number of nitrogens with one attached hydrogen (secondary N) is 1. The Morgan fingerprint density at radius 3 is 2.87 bits per heavy atom. The number of aromatic nitrogens is 2. The fraction of sp³-hybridized carbons (Fsp3) is 0.522. The Labute approximate surface area is 176 Å². The molecule has 5 rings (SSSR count). The van der Waals surface area contributed by atoms with Gasteiger partial charge in [-0.25, -0.2) is 9.97 Å². The zero-order chi connectivity index (χ0) is 20.7. The molecule has 7 heteroatoms. The Kier molecular flexibility index (Phi) is 4.76. The molecular weight excluding hydrogens is 380 g/mol. The van der Waals surface area contributed by atoms with Crippen molar-refractivity contribution < 1.29 is 14.3 Å². The van der Waals surface area contributed by atoms with E-state index in [-0.39, 0.29) is 24.2 Å². The molecule has 3 heterocycles. The van der Waals surface area contributed by atoms with Crippen LogP contribution < -0.4 is 19.7 Å². The highest BCUT2D eigenvalue weighted by Crippen LogP contribution is 2.40. The van der Waals surface area contributed by atoms with E-state index >= 15 is 0 Å². The minimum Gasteiger partial charge on any atom is -0.454 e. The van der Waals surface area contributed by atoms with Crippen LogP contribution in [0, 0.1) is 5.41 Å². The molecule has 1 aromatic carbocycles. The zero-order valence-electron chi connectivity index (χ0n) is 17.6. The molecule has 1 aliphatic carbocycles. The molecule has 0 spiro atoms. The van der Waals surface area contributed by atoms with Gasteiger partial charge in [0.2, 0.25) is 18.6 Å². The maximum Gasteiger partial charge on any atom is 0.231 e. The SMILES string of the molecule is CC1(C)Cc2nc(N3CCCC3)ncc2C(NC(=O)Cc2ccc3c(c2)OCO3)C1. The number of carbonyl (C=O) groups excluding carboxylic acids is 1. The summed E-state index contributed by atoms with van der Waals surface area (Å²) in [5.41, 5.74) is 3.10. The number of anilines is 1. The number of hydrogen-bond acceptors (Lipinski definition) is 6. The first-order valence-electron chi connectivity index (χ1n) is 10.8. The van der Waals surface area contributed by atoms with Crippen LogP contribution in [-0.2, 0) is 17.6 Å². The predicted octanol–water partition coefficient (Wildman–Crippen LogP) is 3.18. The summed E-state index contributed by atoms with van der Waals surface area (Å²) in [4.78, 5) is 24.6. The Balaban J connectivity index is 1.33. The van der Waals surface area contributed by atoms with E-state index in [0.717, 1.165) is 54.4 Å². The van der Waals surface area contributed by atoms with Gasteiger partial charge in [-0.1, -0.05) is 19.9 Å². The van der Waals surface area contributed by atoms with Crippen LogP contribution in [0.4, 0.5) is 5.95 Å². The largest absolute Gasteiger partial charge is 0.454 e. The number of ether oxygens (including phenoxy) is 2. The summed E-state index contributed by atoms with van der Waals surface area (Å²) in [7, 11) is 0. The zero-order valence-corrected chi connectivity index (χ0v) is 17.6. The van der Waals surface area contributed by atoms with Crippen molar-refractivity contribution in [3.63, 3.8) is 0 Å². The fourth-order valence-corrected chi connectivity index (χ4v) is 4.72. The van der Waals surface area contributed by atoms with Gasteiger partial charge >= 0.3 is 0 Å². The Hall–Kier alpha value is -2.83. The molecule has 158 valence electrons. The van der Waals surface area contributed by atoms with E-state index in [0.29, 0.717) is 12.2 Å². The molecule has 1 amide bonds. The van der Waals surface area contributed by atoms with Crippen molar-refractivity contribution in [3.05, 3.63) is 41.2 Å². The van der Waals surface area contributed by atoms with Crippen molar-refractivity contribution >= 4 is 11.9 Å². The normalized spacial score (nSPS) is 21.4. The second-order valence-corrected chi connectivity index (χ2v) is 9.30. The van der Waals surface area contributed by atoms with Gasteiger partial charge in [-0.15, -0.1) is 0 Å². The molecule has 3 aliphatic rings. The molecule has 1 unspecified atom stereocenters. The Morgan fingerprint density at radius 1 is 1.23 bits per heavy atom. The van der Waals surface area contributed by atoms with Crippen LogP contribution in [0.15, 0.2) is 24.4 Å². The van der Waals surface area contributed by atoms with E-state index in [1.54, 1.807) is 0 Å². The number of fused-ring (bicyclic) bond motifs is 2. The monoisotopic (exact) mass is 408 g/mol. The third-order valence-electron chi connectivity index (χ3n) is 6.19. The van der Waals surface area contributed by atoms with Gasteiger partial charge in [0, 0.05) is 24.8 Å². The lowest BCUT2D eigenvalue weighted by Crippen LogP contribution is -2.38. The highest BCUT2D eigenvalue weighted by atomic mass is 16.7. The number of benzene rings is 1. The number of amides is 1. The summed E-state index contributed by atoms with van der Waals surface area (Å²) in [6.07, 6.45) is 6.40. The molecule has 1 fully saturated rings. The molecule has 1 atom stereocenters. The van der Waals surface area contributed by atoms with Crippen molar-refractivity contribution in [2.45, 2.75) is 52.0 Å². The fourth-order valence-electron chi connectivity index (χ4n) is 4.72. The van der Waals surface area contributed by atoms with Crippen molar-refractivity contribution in [1.82, 2.24) is 15.3 Å². The third kappa shape index (κ3) is 3.80. The molecule has 0 bridgehead atoms. The maximum atomic E-state index is 12.8. The van der Waals surface area contributed by atoms with Crippen LogP contribution in [0.25, 0.3) is 0 Å². The van der Waals surface area contributed by atoms with E-state index in [2.05, 4.69) is 29.0 Å². The van der Waals surface area contributed by atoms with Gasteiger partial charge in [0.1, 0.15) is 0 Å². The topological polar surface area (TPSA) is 76.6 Å². The third-order valence-corrected chi connectivity index (χ3v) is 6.19. The molecule has 30 heavy (non-hydrogen) atoms. The second kappa shape index (κ2) is 7.45. The van der Waals surface area contributed by atoms with E-state index in [9.17, 15) is 4.79 Å². The van der Waals surface area contributed by atoms with Crippen LogP contribution in [0.1, 0.15) is 56.0 Å². The highest BCUT2D eigenvalue weighted by molar-refractivity contribution is 5.79. The lowest BCUT2D eigenvalue weighted by atomic mass is 9.74. The van der Waals surface area contributed by atoms with Crippen LogP contribution in [-0.4, -0.2) is 35.8 Å². The van der Waals surface area contributed by atoms with Crippen molar-refractivity contribution in [1.29, 1.82) is 0 Å². The first-order valence-corrected chi connectivity index (χ1v) is 10.8. The van der Waals surface area contributed by atoms with Gasteiger partial charge < -0.3 is 19.7 Å². The van der Waals surface area contributed by atoms with Gasteiger partial charge in [-0.3, -0.25) is 4.79 Å². The van der Waals surface area contributed by atoms with Crippen molar-refractivity contribution in [2.75, 3.05) is 24.8 Å². The first-order chi connectivity index (χ1) is 14.5. The average molecular weight is 409 g/mol. The molecule has 7 nitrogen and oxygen atoms in total. The number of nitrogens with zero attached hydrogens (tertiary/aromatic N) is 3. The molecule has 1 aromatic heterocycles. The van der Waals surface area contributed by atoms with E-state index in [4.69, 9.17) is 14.5 Å². The molecule has 0 radical (unpaired) electrons.